The van der Waals surface area contributed by atoms with Crippen molar-refractivity contribution in [3.8, 4) is 0 Å². The zero-order valence-electron chi connectivity index (χ0n) is 13.8. The van der Waals surface area contributed by atoms with Crippen molar-refractivity contribution in [1.29, 1.82) is 0 Å². The number of carbonyl (C=O) groups is 3. The first-order valence-corrected chi connectivity index (χ1v) is 8.46. The molecule has 0 spiro atoms. The van der Waals surface area contributed by atoms with Gasteiger partial charge in [0, 0.05) is 30.9 Å². The van der Waals surface area contributed by atoms with Crippen molar-refractivity contribution in [2.24, 2.45) is 11.8 Å². The van der Waals surface area contributed by atoms with Gasteiger partial charge in [0.25, 0.3) is 0 Å². The quantitative estimate of drug-likeness (QED) is 0.663. The van der Waals surface area contributed by atoms with E-state index in [9.17, 15) is 19.5 Å². The molecule has 0 heterocycles. The zero-order valence-corrected chi connectivity index (χ0v) is 15.4. The number of ketones is 1. The van der Waals surface area contributed by atoms with Crippen LogP contribution in [0.2, 0.25) is 0 Å². The standard InChI is InChI=1S/C17H21BrN2O4/c1-17(24)8-11(21)13(15(22)19-2)12(14(17)16(23)20-3)9-4-6-10(18)7-5-9/h4-7,12-14,24H,8H2,1-3H3,(H,19,22)(H,20,23)/t12-,13-,14+,17-/m0/s1. The molecule has 1 aliphatic rings. The van der Waals surface area contributed by atoms with Gasteiger partial charge in [-0.05, 0) is 24.6 Å². The number of hydrogen-bond acceptors (Lipinski definition) is 4. The molecule has 1 aromatic rings. The Morgan fingerprint density at radius 2 is 1.71 bits per heavy atom. The van der Waals surface area contributed by atoms with Crippen LogP contribution in [0.5, 0.6) is 0 Å². The molecular weight excluding hydrogens is 376 g/mol. The van der Waals surface area contributed by atoms with Crippen molar-refractivity contribution in [2.75, 3.05) is 14.1 Å². The third-order valence-corrected chi connectivity index (χ3v) is 5.11. The molecule has 130 valence electrons. The maximum Gasteiger partial charge on any atom is 0.230 e. The van der Waals surface area contributed by atoms with Gasteiger partial charge < -0.3 is 15.7 Å². The molecule has 6 nitrogen and oxygen atoms in total. The summed E-state index contributed by atoms with van der Waals surface area (Å²) in [7, 11) is 2.93. The minimum absolute atomic E-state index is 0.240. The van der Waals surface area contributed by atoms with Crippen LogP contribution in [-0.4, -0.2) is 42.4 Å². The van der Waals surface area contributed by atoms with Crippen LogP contribution in [-0.2, 0) is 14.4 Å². The summed E-state index contributed by atoms with van der Waals surface area (Å²) in [5.41, 5.74) is -0.867. The highest BCUT2D eigenvalue weighted by molar-refractivity contribution is 9.10. The van der Waals surface area contributed by atoms with E-state index in [1.165, 1.54) is 21.0 Å². The van der Waals surface area contributed by atoms with Crippen LogP contribution in [0.3, 0.4) is 0 Å². The molecule has 7 heteroatoms. The van der Waals surface area contributed by atoms with Gasteiger partial charge in [0.05, 0.1) is 11.5 Å². The summed E-state index contributed by atoms with van der Waals surface area (Å²) in [6, 6.07) is 7.08. The van der Waals surface area contributed by atoms with E-state index in [1.54, 1.807) is 24.3 Å². The molecule has 4 atom stereocenters. The Morgan fingerprint density at radius 3 is 2.21 bits per heavy atom. The summed E-state index contributed by atoms with van der Waals surface area (Å²) < 4.78 is 0.841. The van der Waals surface area contributed by atoms with E-state index in [1.807, 2.05) is 0 Å². The largest absolute Gasteiger partial charge is 0.389 e. The lowest BCUT2D eigenvalue weighted by atomic mass is 9.61. The summed E-state index contributed by atoms with van der Waals surface area (Å²) in [5.74, 6) is -3.88. The molecule has 0 bridgehead atoms. The number of benzene rings is 1. The molecule has 1 aliphatic carbocycles. The molecule has 3 N–H and O–H groups in total. The SMILES string of the molecule is CNC(=O)[C@H]1C(=O)C[C@](C)(O)[C@@H](C(=O)NC)[C@H]1c1ccc(Br)cc1. The van der Waals surface area contributed by atoms with Crippen LogP contribution in [0, 0.1) is 11.8 Å². The van der Waals surface area contributed by atoms with Crippen molar-refractivity contribution >= 4 is 33.5 Å². The van der Waals surface area contributed by atoms with Gasteiger partial charge in [-0.15, -0.1) is 0 Å². The van der Waals surface area contributed by atoms with Crippen molar-refractivity contribution in [1.82, 2.24) is 10.6 Å². The molecule has 24 heavy (non-hydrogen) atoms. The molecule has 0 radical (unpaired) electrons. The number of halogens is 1. The Morgan fingerprint density at radius 1 is 1.17 bits per heavy atom. The highest BCUT2D eigenvalue weighted by atomic mass is 79.9. The van der Waals surface area contributed by atoms with E-state index in [2.05, 4.69) is 26.6 Å². The highest BCUT2D eigenvalue weighted by Crippen LogP contribution is 2.46. The van der Waals surface area contributed by atoms with Crippen molar-refractivity contribution in [3.63, 3.8) is 0 Å². The zero-order chi connectivity index (χ0) is 18.1. The molecule has 0 aromatic heterocycles. The average molecular weight is 397 g/mol. The highest BCUT2D eigenvalue weighted by Gasteiger charge is 2.55. The second kappa shape index (κ2) is 7.03. The third-order valence-electron chi connectivity index (χ3n) is 4.58. The van der Waals surface area contributed by atoms with E-state index < -0.39 is 35.2 Å². The van der Waals surface area contributed by atoms with Gasteiger partial charge in [-0.25, -0.2) is 0 Å². The summed E-state index contributed by atoms with van der Waals surface area (Å²) in [5, 5.41) is 15.8. The Balaban J connectivity index is 2.63. The van der Waals surface area contributed by atoms with Crippen LogP contribution < -0.4 is 10.6 Å². The Hall–Kier alpha value is -1.73. The fourth-order valence-corrected chi connectivity index (χ4v) is 3.75. The Bertz CT molecular complexity index is 657. The number of hydrogen-bond donors (Lipinski definition) is 3. The minimum atomic E-state index is -1.53. The first-order valence-electron chi connectivity index (χ1n) is 7.66. The second-order valence-corrected chi connectivity index (χ2v) is 7.18. The molecule has 0 unspecified atom stereocenters. The van der Waals surface area contributed by atoms with Gasteiger partial charge in [-0.3, -0.25) is 14.4 Å². The summed E-state index contributed by atoms with van der Waals surface area (Å²) in [4.78, 5) is 37.4. The van der Waals surface area contributed by atoms with Gasteiger partial charge >= 0.3 is 0 Å². The van der Waals surface area contributed by atoms with Gasteiger partial charge in [0.2, 0.25) is 11.8 Å². The van der Waals surface area contributed by atoms with Gasteiger partial charge in [-0.2, -0.15) is 0 Å². The average Bonchev–Trinajstić information content (AvgIpc) is 2.53. The van der Waals surface area contributed by atoms with Crippen molar-refractivity contribution in [2.45, 2.75) is 24.9 Å². The van der Waals surface area contributed by atoms with E-state index in [0.29, 0.717) is 5.56 Å². The molecule has 2 rings (SSSR count). The lowest BCUT2D eigenvalue weighted by Gasteiger charge is -2.44. The monoisotopic (exact) mass is 396 g/mol. The first kappa shape index (κ1) is 18.6. The van der Waals surface area contributed by atoms with Crippen molar-refractivity contribution in [3.05, 3.63) is 34.3 Å². The van der Waals surface area contributed by atoms with Gasteiger partial charge in [0.1, 0.15) is 11.7 Å². The summed E-state index contributed by atoms with van der Waals surface area (Å²) in [6.45, 7) is 1.47. The van der Waals surface area contributed by atoms with Gasteiger partial charge in [0.15, 0.2) is 0 Å². The third kappa shape index (κ3) is 3.37. The predicted molar refractivity (Wildman–Crippen MR) is 92.2 cm³/mol. The topological polar surface area (TPSA) is 95.5 Å². The fraction of sp³-hybridized carbons (Fsp3) is 0.471. The van der Waals surface area contributed by atoms with E-state index in [0.717, 1.165) is 4.47 Å². The summed E-state index contributed by atoms with van der Waals surface area (Å²) >= 11 is 3.34. The molecule has 2 amide bonds. The molecule has 1 aromatic carbocycles. The molecule has 1 fully saturated rings. The summed E-state index contributed by atoms with van der Waals surface area (Å²) in [6.07, 6.45) is -0.240. The van der Waals surface area contributed by atoms with E-state index in [4.69, 9.17) is 0 Å². The van der Waals surface area contributed by atoms with Crippen LogP contribution in [0.15, 0.2) is 28.7 Å². The second-order valence-electron chi connectivity index (χ2n) is 6.26. The van der Waals surface area contributed by atoms with Crippen molar-refractivity contribution < 1.29 is 19.5 Å². The molecule has 0 saturated heterocycles. The van der Waals surface area contributed by atoms with Crippen LogP contribution >= 0.6 is 15.9 Å². The molecule has 1 saturated carbocycles. The van der Waals surface area contributed by atoms with Crippen LogP contribution in [0.25, 0.3) is 0 Å². The van der Waals surface area contributed by atoms with E-state index in [-0.39, 0.29) is 12.2 Å². The number of amides is 2. The minimum Gasteiger partial charge on any atom is -0.389 e. The van der Waals surface area contributed by atoms with Crippen LogP contribution in [0.4, 0.5) is 0 Å². The lowest BCUT2D eigenvalue weighted by Crippen LogP contribution is -2.57. The fourth-order valence-electron chi connectivity index (χ4n) is 3.49. The molecular formula is C17H21BrN2O4. The maximum absolute atomic E-state index is 12.6. The Labute approximate surface area is 149 Å². The first-order chi connectivity index (χ1) is 11.2. The lowest BCUT2D eigenvalue weighted by molar-refractivity contribution is -0.153. The number of rotatable bonds is 3. The van der Waals surface area contributed by atoms with E-state index >= 15 is 0 Å². The maximum atomic E-state index is 12.6. The normalized spacial score (nSPS) is 29.9. The van der Waals surface area contributed by atoms with Crippen LogP contribution in [0.1, 0.15) is 24.8 Å². The number of aliphatic hydroxyl groups is 1. The number of Topliss-reactive ketones (excluding diaryl/α,β-unsaturated/α-hetero) is 1. The number of carbonyl (C=O) groups excluding carboxylic acids is 3. The smallest absolute Gasteiger partial charge is 0.230 e. The Kier molecular flexibility index (Phi) is 5.45. The predicted octanol–water partition coefficient (Wildman–Crippen LogP) is 0.981. The van der Waals surface area contributed by atoms with Gasteiger partial charge in [-0.1, -0.05) is 28.1 Å². The molecule has 0 aliphatic heterocycles. The number of nitrogens with one attached hydrogen (secondary N) is 2.